The first-order valence-corrected chi connectivity index (χ1v) is 9.23. The van der Waals surface area contributed by atoms with E-state index in [-0.39, 0.29) is 0 Å². The molecule has 0 bridgehead atoms. The number of unbranched alkanes of at least 4 members (excludes halogenated alkanes) is 1. The average molecular weight is 354 g/mol. The second-order valence-electron chi connectivity index (χ2n) is 6.21. The van der Waals surface area contributed by atoms with E-state index < -0.39 is 0 Å². The van der Waals surface area contributed by atoms with Gasteiger partial charge < -0.3 is 15.5 Å². The third kappa shape index (κ3) is 9.08. The van der Waals surface area contributed by atoms with Crippen LogP contribution in [0.3, 0.4) is 0 Å². The summed E-state index contributed by atoms with van der Waals surface area (Å²) in [6.45, 7) is 10.2. The van der Waals surface area contributed by atoms with Crippen LogP contribution >= 0.6 is 11.6 Å². The summed E-state index contributed by atoms with van der Waals surface area (Å²) in [6, 6.07) is 4.44. The van der Waals surface area contributed by atoms with Crippen LogP contribution in [-0.4, -0.2) is 55.1 Å². The van der Waals surface area contributed by atoms with E-state index in [2.05, 4.69) is 53.3 Å². The lowest BCUT2D eigenvalue weighted by Crippen LogP contribution is -2.38. The molecule has 0 atom stereocenters. The van der Waals surface area contributed by atoms with Crippen LogP contribution in [0, 0.1) is 0 Å². The van der Waals surface area contributed by atoms with Crippen LogP contribution in [0.15, 0.2) is 23.3 Å². The lowest BCUT2D eigenvalue weighted by Gasteiger charge is -2.20. The van der Waals surface area contributed by atoms with Gasteiger partial charge in [0.25, 0.3) is 0 Å². The summed E-state index contributed by atoms with van der Waals surface area (Å²) in [5, 5.41) is 7.19. The van der Waals surface area contributed by atoms with Crippen molar-refractivity contribution in [2.75, 3.05) is 33.2 Å². The first kappa shape index (κ1) is 20.7. The van der Waals surface area contributed by atoms with E-state index in [1.165, 1.54) is 12.0 Å². The first-order chi connectivity index (χ1) is 11.5. The highest BCUT2D eigenvalue weighted by Gasteiger charge is 2.02. The van der Waals surface area contributed by atoms with E-state index in [0.29, 0.717) is 11.2 Å². The van der Waals surface area contributed by atoms with Crippen LogP contribution in [0.4, 0.5) is 0 Å². The average Bonchev–Trinajstić information content (AvgIpc) is 2.56. The number of nitrogens with one attached hydrogen (secondary N) is 2. The summed E-state index contributed by atoms with van der Waals surface area (Å²) in [4.78, 5) is 11.1. The van der Waals surface area contributed by atoms with Crippen LogP contribution < -0.4 is 10.6 Å². The van der Waals surface area contributed by atoms with Crippen molar-refractivity contribution >= 4 is 17.6 Å². The van der Waals surface area contributed by atoms with E-state index in [9.17, 15) is 0 Å². The van der Waals surface area contributed by atoms with E-state index in [1.807, 2.05) is 18.3 Å². The molecule has 0 spiro atoms. The number of aliphatic imine (C=N–C) groups is 1. The predicted octanol–water partition coefficient (Wildman–Crippen LogP) is 2.95. The summed E-state index contributed by atoms with van der Waals surface area (Å²) < 4.78 is 0. The normalized spacial score (nSPS) is 12.0. The monoisotopic (exact) mass is 353 g/mol. The Kier molecular flexibility index (Phi) is 10.4. The zero-order chi connectivity index (χ0) is 17.8. The van der Waals surface area contributed by atoms with Gasteiger partial charge in [-0.1, -0.05) is 17.7 Å². The van der Waals surface area contributed by atoms with Crippen molar-refractivity contribution in [2.24, 2.45) is 4.99 Å². The number of aromatic nitrogens is 1. The largest absolute Gasteiger partial charge is 0.357 e. The van der Waals surface area contributed by atoms with E-state index >= 15 is 0 Å². The molecule has 5 nitrogen and oxygen atoms in total. The standard InChI is InChI=1S/C18H32ClN5/c1-5-20-18(21-11-6-7-13-24(4)15(2)3)22-12-10-16-8-9-17(19)23-14-16/h8-9,14-15H,5-7,10-13H2,1-4H3,(H2,20,21,22). The molecule has 0 aliphatic heterocycles. The number of nitrogens with zero attached hydrogens (tertiary/aromatic N) is 3. The topological polar surface area (TPSA) is 52.6 Å². The summed E-state index contributed by atoms with van der Waals surface area (Å²) in [7, 11) is 2.17. The van der Waals surface area contributed by atoms with Crippen molar-refractivity contribution < 1.29 is 0 Å². The number of rotatable bonds is 10. The highest BCUT2D eigenvalue weighted by atomic mass is 35.5. The lowest BCUT2D eigenvalue weighted by molar-refractivity contribution is 0.269. The zero-order valence-electron chi connectivity index (χ0n) is 15.5. The minimum Gasteiger partial charge on any atom is -0.357 e. The van der Waals surface area contributed by atoms with Gasteiger partial charge in [0.15, 0.2) is 5.96 Å². The SMILES string of the molecule is CCNC(=NCCCCN(C)C(C)C)NCCc1ccc(Cl)nc1. The van der Waals surface area contributed by atoms with Gasteiger partial charge in [0.05, 0.1) is 0 Å². The molecule has 6 heteroatoms. The van der Waals surface area contributed by atoms with Gasteiger partial charge >= 0.3 is 0 Å². The van der Waals surface area contributed by atoms with Crippen LogP contribution in [0.1, 0.15) is 39.2 Å². The van der Waals surface area contributed by atoms with Crippen LogP contribution in [0.5, 0.6) is 0 Å². The molecule has 0 saturated heterocycles. The summed E-state index contributed by atoms with van der Waals surface area (Å²) in [5.74, 6) is 0.886. The van der Waals surface area contributed by atoms with Gasteiger partial charge in [-0.15, -0.1) is 0 Å². The molecule has 136 valence electrons. The third-order valence-electron chi connectivity index (χ3n) is 3.91. The maximum atomic E-state index is 5.80. The van der Waals surface area contributed by atoms with Crippen molar-refractivity contribution in [1.82, 2.24) is 20.5 Å². The number of hydrogen-bond acceptors (Lipinski definition) is 3. The molecular weight excluding hydrogens is 322 g/mol. The smallest absolute Gasteiger partial charge is 0.191 e. The fourth-order valence-corrected chi connectivity index (χ4v) is 2.26. The number of pyridine rings is 1. The highest BCUT2D eigenvalue weighted by molar-refractivity contribution is 6.29. The van der Waals surface area contributed by atoms with Crippen molar-refractivity contribution in [2.45, 2.75) is 46.1 Å². The van der Waals surface area contributed by atoms with Crippen molar-refractivity contribution in [3.8, 4) is 0 Å². The molecule has 1 aromatic heterocycles. The second kappa shape index (κ2) is 12.1. The Labute approximate surface area is 151 Å². The summed E-state index contributed by atoms with van der Waals surface area (Å²) in [5.41, 5.74) is 1.17. The van der Waals surface area contributed by atoms with Gasteiger partial charge in [0.2, 0.25) is 0 Å². The Bertz CT molecular complexity index is 473. The van der Waals surface area contributed by atoms with Gasteiger partial charge in [0, 0.05) is 31.9 Å². The first-order valence-electron chi connectivity index (χ1n) is 8.85. The molecule has 1 aromatic rings. The molecule has 0 radical (unpaired) electrons. The minimum absolute atomic E-state index is 0.532. The molecule has 0 aliphatic rings. The van der Waals surface area contributed by atoms with Crippen molar-refractivity contribution in [3.63, 3.8) is 0 Å². The minimum atomic E-state index is 0.532. The highest BCUT2D eigenvalue weighted by Crippen LogP contribution is 2.05. The second-order valence-corrected chi connectivity index (χ2v) is 6.60. The fourth-order valence-electron chi connectivity index (χ4n) is 2.14. The molecule has 0 aromatic carbocycles. The summed E-state index contributed by atoms with van der Waals surface area (Å²) in [6.07, 6.45) is 5.00. The third-order valence-corrected chi connectivity index (χ3v) is 4.13. The Hall–Kier alpha value is -1.33. The van der Waals surface area contributed by atoms with E-state index in [4.69, 9.17) is 11.6 Å². The molecule has 0 saturated carbocycles. The van der Waals surface area contributed by atoms with Crippen LogP contribution in [-0.2, 0) is 6.42 Å². The molecule has 0 aliphatic carbocycles. The molecule has 24 heavy (non-hydrogen) atoms. The summed E-state index contributed by atoms with van der Waals surface area (Å²) >= 11 is 5.80. The van der Waals surface area contributed by atoms with Gasteiger partial charge in [-0.05, 0) is 65.3 Å². The van der Waals surface area contributed by atoms with Gasteiger partial charge in [-0.2, -0.15) is 0 Å². The maximum absolute atomic E-state index is 5.80. The number of hydrogen-bond donors (Lipinski definition) is 2. The molecule has 0 fully saturated rings. The molecule has 1 rings (SSSR count). The molecule has 0 amide bonds. The Morgan fingerprint density at radius 2 is 2.08 bits per heavy atom. The van der Waals surface area contributed by atoms with Crippen molar-refractivity contribution in [1.29, 1.82) is 0 Å². The zero-order valence-corrected chi connectivity index (χ0v) is 16.2. The quantitative estimate of drug-likeness (QED) is 0.294. The fraction of sp³-hybridized carbons (Fsp3) is 0.667. The molecular formula is C18H32ClN5. The predicted molar refractivity (Wildman–Crippen MR) is 104 cm³/mol. The lowest BCUT2D eigenvalue weighted by atomic mass is 10.2. The van der Waals surface area contributed by atoms with Crippen molar-refractivity contribution in [3.05, 3.63) is 29.0 Å². The number of halogens is 1. The van der Waals surface area contributed by atoms with Gasteiger partial charge in [-0.25, -0.2) is 4.98 Å². The number of guanidine groups is 1. The molecule has 0 unspecified atom stereocenters. The van der Waals surface area contributed by atoms with Crippen LogP contribution in [0.2, 0.25) is 5.15 Å². The Morgan fingerprint density at radius 1 is 1.29 bits per heavy atom. The maximum Gasteiger partial charge on any atom is 0.191 e. The van der Waals surface area contributed by atoms with E-state index in [0.717, 1.165) is 45.0 Å². The van der Waals surface area contributed by atoms with Gasteiger partial charge in [-0.3, -0.25) is 4.99 Å². The van der Waals surface area contributed by atoms with Gasteiger partial charge in [0.1, 0.15) is 5.15 Å². The Balaban J connectivity index is 2.27. The van der Waals surface area contributed by atoms with Crippen LogP contribution in [0.25, 0.3) is 0 Å². The van der Waals surface area contributed by atoms with E-state index in [1.54, 1.807) is 0 Å². The molecule has 2 N–H and O–H groups in total. The molecule has 1 heterocycles. The Morgan fingerprint density at radius 3 is 2.71 bits per heavy atom.